The van der Waals surface area contributed by atoms with Gasteiger partial charge in [0.25, 0.3) is 5.91 Å². The number of carbonyl (C=O) groups excluding carboxylic acids is 3. The standard InChI is InChI=1S/C24H25N3O3S/c1-26(21-11-12-21)24(30)23-19(16-28)13-14-31-27(23)15-22(29)25-20-9-7-18(8-10-20)17-5-3-2-4-6-17/h2-10,16,21H,11-15H2,1H3,(H,25,29). The van der Waals surface area contributed by atoms with Crippen molar-refractivity contribution in [3.63, 3.8) is 0 Å². The molecule has 1 fully saturated rings. The summed E-state index contributed by atoms with van der Waals surface area (Å²) in [5.41, 5.74) is 3.68. The van der Waals surface area contributed by atoms with Crippen molar-refractivity contribution < 1.29 is 14.4 Å². The minimum absolute atomic E-state index is 0.00201. The highest BCUT2D eigenvalue weighted by Crippen LogP contribution is 2.33. The molecule has 0 atom stereocenters. The topological polar surface area (TPSA) is 69.7 Å². The molecule has 0 bridgehead atoms. The van der Waals surface area contributed by atoms with Crippen LogP contribution < -0.4 is 5.32 Å². The van der Waals surface area contributed by atoms with Crippen LogP contribution in [0.1, 0.15) is 19.3 Å². The molecule has 2 aliphatic rings. The molecular formula is C24H25N3O3S. The summed E-state index contributed by atoms with van der Waals surface area (Å²) in [5.74, 6) is 0.250. The van der Waals surface area contributed by atoms with Crippen LogP contribution in [0.2, 0.25) is 0 Å². The van der Waals surface area contributed by atoms with Crippen molar-refractivity contribution in [3.05, 3.63) is 65.9 Å². The first kappa shape index (κ1) is 21.2. The summed E-state index contributed by atoms with van der Waals surface area (Å²) >= 11 is 1.42. The summed E-state index contributed by atoms with van der Waals surface area (Å²) in [6, 6.07) is 17.9. The maximum absolute atomic E-state index is 13.0. The van der Waals surface area contributed by atoms with Crippen molar-refractivity contribution in [1.29, 1.82) is 0 Å². The average molecular weight is 436 g/mol. The largest absolute Gasteiger partial charge is 0.337 e. The normalized spacial score (nSPS) is 16.1. The molecule has 0 spiro atoms. The van der Waals surface area contributed by atoms with Crippen molar-refractivity contribution in [1.82, 2.24) is 9.21 Å². The molecule has 7 heteroatoms. The van der Waals surface area contributed by atoms with Crippen LogP contribution in [0.25, 0.3) is 11.1 Å². The van der Waals surface area contributed by atoms with Crippen LogP contribution in [-0.4, -0.2) is 52.7 Å². The molecule has 0 unspecified atom stereocenters. The van der Waals surface area contributed by atoms with Gasteiger partial charge in [0.15, 0.2) is 0 Å². The molecule has 0 aromatic heterocycles. The number of likely N-dealkylation sites (N-methyl/N-ethyl adjacent to an activating group) is 1. The Morgan fingerprint density at radius 1 is 1.10 bits per heavy atom. The molecule has 2 aromatic rings. The first-order valence-corrected chi connectivity index (χ1v) is 11.3. The van der Waals surface area contributed by atoms with E-state index in [-0.39, 0.29) is 24.4 Å². The lowest BCUT2D eigenvalue weighted by atomic mass is 10.1. The van der Waals surface area contributed by atoms with Gasteiger partial charge >= 0.3 is 0 Å². The van der Waals surface area contributed by atoms with Gasteiger partial charge in [0.1, 0.15) is 18.5 Å². The van der Waals surface area contributed by atoms with Gasteiger partial charge in [0.05, 0.1) is 0 Å². The van der Waals surface area contributed by atoms with Crippen molar-refractivity contribution in [2.45, 2.75) is 25.3 Å². The number of benzene rings is 2. The van der Waals surface area contributed by atoms with Crippen LogP contribution in [0.15, 0.2) is 65.9 Å². The molecule has 6 nitrogen and oxygen atoms in total. The molecule has 4 rings (SSSR count). The highest BCUT2D eigenvalue weighted by atomic mass is 32.2. The number of hydrogen-bond acceptors (Lipinski definition) is 5. The lowest BCUT2D eigenvalue weighted by molar-refractivity contribution is -0.128. The summed E-state index contributed by atoms with van der Waals surface area (Å²) in [5, 5.41) is 2.89. The quantitative estimate of drug-likeness (QED) is 0.530. The van der Waals surface area contributed by atoms with E-state index in [0.717, 1.165) is 30.3 Å². The molecule has 31 heavy (non-hydrogen) atoms. The molecule has 1 heterocycles. The van der Waals surface area contributed by atoms with Crippen LogP contribution in [-0.2, 0) is 14.4 Å². The van der Waals surface area contributed by atoms with Gasteiger partial charge in [0.2, 0.25) is 5.91 Å². The molecule has 1 aliphatic heterocycles. The van der Waals surface area contributed by atoms with Crippen LogP contribution in [0.3, 0.4) is 0 Å². The fourth-order valence-electron chi connectivity index (χ4n) is 3.59. The first-order valence-electron chi connectivity index (χ1n) is 10.4. The Morgan fingerprint density at radius 2 is 1.77 bits per heavy atom. The maximum atomic E-state index is 13.0. The van der Waals surface area contributed by atoms with Gasteiger partial charge in [-0.1, -0.05) is 42.5 Å². The SMILES string of the molecule is CN(C(=O)C1=C(C=O)CCSN1CC(=O)Nc1ccc(-c2ccccc2)cc1)C1CC1. The zero-order valence-corrected chi connectivity index (χ0v) is 18.2. The van der Waals surface area contributed by atoms with Crippen LogP contribution >= 0.6 is 11.9 Å². The van der Waals surface area contributed by atoms with E-state index in [1.807, 2.05) is 54.6 Å². The number of carbonyl (C=O) groups is 3. The van der Waals surface area contributed by atoms with Crippen LogP contribution in [0.5, 0.6) is 0 Å². The third-order valence-electron chi connectivity index (χ3n) is 5.49. The second-order valence-electron chi connectivity index (χ2n) is 7.75. The smallest absolute Gasteiger partial charge is 0.271 e. The Balaban J connectivity index is 1.44. The predicted molar refractivity (Wildman–Crippen MR) is 123 cm³/mol. The van der Waals surface area contributed by atoms with Gasteiger partial charge in [-0.15, -0.1) is 0 Å². The summed E-state index contributed by atoms with van der Waals surface area (Å²) in [6.07, 6.45) is 3.25. The van der Waals surface area contributed by atoms with Gasteiger partial charge in [-0.25, -0.2) is 0 Å². The second kappa shape index (κ2) is 9.39. The van der Waals surface area contributed by atoms with E-state index < -0.39 is 0 Å². The van der Waals surface area contributed by atoms with Gasteiger partial charge in [-0.3, -0.25) is 14.4 Å². The Kier molecular flexibility index (Phi) is 6.42. The van der Waals surface area contributed by atoms with Crippen LogP contribution in [0.4, 0.5) is 5.69 Å². The molecule has 1 aliphatic carbocycles. The predicted octanol–water partition coefficient (Wildman–Crippen LogP) is 3.72. The molecule has 0 saturated heterocycles. The van der Waals surface area contributed by atoms with Crippen molar-refractivity contribution >= 4 is 35.7 Å². The lowest BCUT2D eigenvalue weighted by Crippen LogP contribution is -2.40. The third-order valence-corrected chi connectivity index (χ3v) is 6.50. The highest BCUT2D eigenvalue weighted by Gasteiger charge is 2.36. The molecule has 2 amide bonds. The van der Waals surface area contributed by atoms with E-state index in [2.05, 4.69) is 5.32 Å². The number of rotatable bonds is 7. The number of anilines is 1. The number of nitrogens with one attached hydrogen (secondary N) is 1. The molecule has 1 saturated carbocycles. The Labute approximate surface area is 186 Å². The summed E-state index contributed by atoms with van der Waals surface area (Å²) in [6.45, 7) is 0.00201. The highest BCUT2D eigenvalue weighted by molar-refractivity contribution is 7.97. The van der Waals surface area contributed by atoms with Gasteiger partial charge < -0.3 is 14.5 Å². The van der Waals surface area contributed by atoms with Crippen molar-refractivity contribution in [2.24, 2.45) is 0 Å². The van der Waals surface area contributed by atoms with Crippen LogP contribution in [0, 0.1) is 0 Å². The van der Waals surface area contributed by atoms with E-state index in [4.69, 9.17) is 0 Å². The van der Waals surface area contributed by atoms with Gasteiger partial charge in [-0.2, -0.15) is 0 Å². The summed E-state index contributed by atoms with van der Waals surface area (Å²) in [4.78, 5) is 39.0. The van der Waals surface area contributed by atoms with E-state index in [1.54, 1.807) is 16.3 Å². The van der Waals surface area contributed by atoms with Gasteiger partial charge in [0, 0.05) is 30.1 Å². The van der Waals surface area contributed by atoms with Gasteiger partial charge in [-0.05, 0) is 54.5 Å². The summed E-state index contributed by atoms with van der Waals surface area (Å²) < 4.78 is 1.67. The Morgan fingerprint density at radius 3 is 2.42 bits per heavy atom. The Hall–Kier alpha value is -3.06. The number of aldehydes is 1. The molecule has 2 aromatic carbocycles. The minimum atomic E-state index is -0.230. The van der Waals surface area contributed by atoms with Crippen molar-refractivity contribution in [3.8, 4) is 11.1 Å². The molecule has 160 valence electrons. The fourth-order valence-corrected chi connectivity index (χ4v) is 4.66. The Bertz CT molecular complexity index is 1000. The first-order chi connectivity index (χ1) is 15.1. The number of hydrogen-bond donors (Lipinski definition) is 1. The summed E-state index contributed by atoms with van der Waals surface area (Å²) in [7, 11) is 1.77. The van der Waals surface area contributed by atoms with E-state index >= 15 is 0 Å². The number of nitrogens with zero attached hydrogens (tertiary/aromatic N) is 2. The maximum Gasteiger partial charge on any atom is 0.271 e. The zero-order valence-electron chi connectivity index (χ0n) is 17.4. The molecule has 0 radical (unpaired) electrons. The van der Waals surface area contributed by atoms with Crippen molar-refractivity contribution in [2.75, 3.05) is 24.7 Å². The third kappa shape index (κ3) is 4.99. The monoisotopic (exact) mass is 435 g/mol. The molecule has 1 N–H and O–H groups in total. The van der Waals surface area contributed by atoms with E-state index in [9.17, 15) is 14.4 Å². The molecular weight excluding hydrogens is 410 g/mol. The minimum Gasteiger partial charge on any atom is -0.337 e. The fraction of sp³-hybridized carbons (Fsp3) is 0.292. The second-order valence-corrected chi connectivity index (χ2v) is 8.86. The number of allylic oxidation sites excluding steroid dienone is 1. The van der Waals surface area contributed by atoms with E-state index in [0.29, 0.717) is 29.1 Å². The number of amides is 2. The average Bonchev–Trinajstić information content (AvgIpc) is 3.64. The van der Waals surface area contributed by atoms with E-state index in [1.165, 1.54) is 11.9 Å². The lowest BCUT2D eigenvalue weighted by Gasteiger charge is -2.32. The zero-order chi connectivity index (χ0) is 21.8.